The van der Waals surface area contributed by atoms with Crippen molar-refractivity contribution >= 4 is 26.4 Å². The van der Waals surface area contributed by atoms with Crippen molar-refractivity contribution in [2.24, 2.45) is 0 Å². The molecule has 0 aromatic rings. The number of halogens is 10. The molecule has 0 N–H and O–H groups in total. The van der Waals surface area contributed by atoms with Crippen LogP contribution in [0.2, 0.25) is 0 Å². The van der Waals surface area contributed by atoms with Gasteiger partial charge in [0.05, 0.1) is 0 Å². The Kier molecular flexibility index (Phi) is 5.41. The van der Waals surface area contributed by atoms with E-state index in [9.17, 15) is 65.5 Å². The van der Waals surface area contributed by atoms with Crippen molar-refractivity contribution in [1.82, 2.24) is 0 Å². The second-order valence-corrected chi connectivity index (χ2v) is 6.53. The lowest BCUT2D eigenvalue weighted by Crippen LogP contribution is -2.47. The summed E-state index contributed by atoms with van der Waals surface area (Å²) in [6.07, 6.45) is -17.6. The summed E-state index contributed by atoms with van der Waals surface area (Å²) in [5.41, 5.74) is 0. The molecule has 144 valence electrons. The summed E-state index contributed by atoms with van der Waals surface area (Å²) in [6.45, 7) is 0. The van der Waals surface area contributed by atoms with Crippen molar-refractivity contribution in [3.05, 3.63) is 0 Å². The van der Waals surface area contributed by atoms with Crippen LogP contribution in [0.3, 0.4) is 0 Å². The molecule has 0 rings (SSSR count). The van der Waals surface area contributed by atoms with Crippen molar-refractivity contribution < 1.29 is 73.9 Å². The predicted octanol–water partition coefficient (Wildman–Crippen LogP) is 2.11. The minimum Gasteiger partial charge on any atom is -0.306 e. The molecule has 0 aromatic heterocycles. The van der Waals surface area contributed by atoms with Crippen LogP contribution in [-0.2, 0) is 28.6 Å². The molecule has 0 aliphatic heterocycles. The number of hydrogen-bond donors (Lipinski definition) is 0. The smallest absolute Gasteiger partial charge is 0.306 e. The van der Waals surface area contributed by atoms with Gasteiger partial charge in [-0.25, -0.2) is 4.79 Å². The largest absolute Gasteiger partial charge is 0.540 e. The SMILES string of the molecule is O=C(OS(=O)(=O)C(F)(F)C(F)(F)F)OS(=O)(=O)C(F)(F)C(F)(F)F. The van der Waals surface area contributed by atoms with Crippen molar-refractivity contribution in [3.63, 3.8) is 0 Å². The van der Waals surface area contributed by atoms with E-state index in [4.69, 9.17) is 0 Å². The third kappa shape index (κ3) is 3.92. The zero-order valence-electron chi connectivity index (χ0n) is 9.95. The Morgan fingerprint density at radius 2 is 0.792 bits per heavy atom. The summed E-state index contributed by atoms with van der Waals surface area (Å²) in [7, 11) is -14.8. The molecule has 0 saturated heterocycles. The molecule has 0 unspecified atom stereocenters. The maximum atomic E-state index is 12.4. The van der Waals surface area contributed by atoms with E-state index in [0.717, 1.165) is 0 Å². The number of alkyl halides is 10. The number of rotatable bonds is 4. The lowest BCUT2D eigenvalue weighted by atomic mass is 10.7. The van der Waals surface area contributed by atoms with Crippen LogP contribution in [0, 0.1) is 0 Å². The molecule has 19 heteroatoms. The average Bonchev–Trinajstić information content (AvgIpc) is 2.22. The van der Waals surface area contributed by atoms with E-state index < -0.39 is 49.3 Å². The molecule has 0 aromatic carbocycles. The van der Waals surface area contributed by atoms with Gasteiger partial charge in [-0.15, -0.1) is 0 Å². The highest BCUT2D eigenvalue weighted by Crippen LogP contribution is 2.42. The summed E-state index contributed by atoms with van der Waals surface area (Å²) in [4.78, 5) is 10.4. The van der Waals surface area contributed by atoms with Crippen LogP contribution in [0.1, 0.15) is 0 Å². The fourth-order valence-corrected chi connectivity index (χ4v) is 1.83. The summed E-state index contributed by atoms with van der Waals surface area (Å²) in [5.74, 6) is 0. The number of carbonyl (C=O) groups is 1. The number of hydrogen-bond acceptors (Lipinski definition) is 7. The topological polar surface area (TPSA) is 104 Å². The Bertz CT molecular complexity index is 639. The van der Waals surface area contributed by atoms with Crippen LogP contribution in [0.4, 0.5) is 48.7 Å². The third-order valence-corrected chi connectivity index (χ3v) is 4.07. The molecule has 24 heavy (non-hydrogen) atoms. The van der Waals surface area contributed by atoms with Gasteiger partial charge in [0.1, 0.15) is 0 Å². The lowest BCUT2D eigenvalue weighted by Gasteiger charge is -2.20. The molecular formula is C5F10O7S2. The van der Waals surface area contributed by atoms with E-state index in [1.54, 1.807) is 0 Å². The van der Waals surface area contributed by atoms with E-state index in [2.05, 4.69) is 8.37 Å². The van der Waals surface area contributed by atoms with Crippen molar-refractivity contribution in [2.75, 3.05) is 0 Å². The lowest BCUT2D eigenvalue weighted by molar-refractivity contribution is -0.244. The Morgan fingerprint density at radius 3 is 0.958 bits per heavy atom. The molecule has 0 saturated carbocycles. The highest BCUT2D eigenvalue weighted by Gasteiger charge is 2.71. The molecule has 0 aliphatic rings. The standard InChI is InChI=1S/C5F10O7S2/c6-2(7,8)4(12,13)23(17,18)21-1(16)22-24(19,20)5(14,15)3(9,10)11. The van der Waals surface area contributed by atoms with Gasteiger partial charge >= 0.3 is 49.3 Å². The summed E-state index contributed by atoms with van der Waals surface area (Å²) < 4.78 is 166. The first-order valence-corrected chi connectivity index (χ1v) is 7.23. The van der Waals surface area contributed by atoms with Crippen LogP contribution in [-0.4, -0.2) is 45.9 Å². The fraction of sp³-hybridized carbons (Fsp3) is 0.800. The fourth-order valence-electron chi connectivity index (χ4n) is 0.581. The van der Waals surface area contributed by atoms with Crippen LogP contribution in [0.5, 0.6) is 0 Å². The van der Waals surface area contributed by atoms with E-state index in [1.165, 1.54) is 0 Å². The molecule has 0 amide bonds. The van der Waals surface area contributed by atoms with Gasteiger partial charge in [0, 0.05) is 0 Å². The van der Waals surface area contributed by atoms with E-state index in [-0.39, 0.29) is 0 Å². The van der Waals surface area contributed by atoms with Gasteiger partial charge < -0.3 is 8.37 Å². The maximum absolute atomic E-state index is 12.4. The molecule has 0 aliphatic carbocycles. The molecule has 0 radical (unpaired) electrons. The molecule has 0 atom stereocenters. The number of carbonyl (C=O) groups excluding carboxylic acids is 1. The first kappa shape index (κ1) is 22.5. The van der Waals surface area contributed by atoms with Crippen molar-refractivity contribution in [3.8, 4) is 0 Å². The highest BCUT2D eigenvalue weighted by atomic mass is 32.2. The summed E-state index contributed by atoms with van der Waals surface area (Å²) >= 11 is 0. The Hall–Kier alpha value is -1.53. The van der Waals surface area contributed by atoms with Gasteiger partial charge in [-0.2, -0.15) is 60.7 Å². The minimum atomic E-state index is -7.39. The Morgan fingerprint density at radius 1 is 0.583 bits per heavy atom. The zero-order valence-corrected chi connectivity index (χ0v) is 11.6. The van der Waals surface area contributed by atoms with Gasteiger partial charge in [-0.1, -0.05) is 0 Å². The first-order chi connectivity index (χ1) is 10.1. The van der Waals surface area contributed by atoms with E-state index in [1.807, 2.05) is 0 Å². The Balaban J connectivity index is 5.53. The van der Waals surface area contributed by atoms with Crippen LogP contribution >= 0.6 is 0 Å². The normalized spacial score (nSPS) is 15.1. The first-order valence-electron chi connectivity index (χ1n) is 4.41. The second kappa shape index (κ2) is 5.77. The molecule has 0 spiro atoms. The predicted molar refractivity (Wildman–Crippen MR) is 47.4 cm³/mol. The van der Waals surface area contributed by atoms with Gasteiger partial charge in [0.2, 0.25) is 0 Å². The van der Waals surface area contributed by atoms with Gasteiger partial charge in [-0.3, -0.25) is 0 Å². The molecular weight excluding hydrogens is 426 g/mol. The van der Waals surface area contributed by atoms with Crippen LogP contribution < -0.4 is 0 Å². The van der Waals surface area contributed by atoms with Gasteiger partial charge in [0.25, 0.3) is 0 Å². The maximum Gasteiger partial charge on any atom is 0.540 e. The van der Waals surface area contributed by atoms with Crippen LogP contribution in [0.25, 0.3) is 0 Å². The minimum absolute atomic E-state index is 2.23. The highest BCUT2D eigenvalue weighted by molar-refractivity contribution is 7.89. The molecule has 7 nitrogen and oxygen atoms in total. The van der Waals surface area contributed by atoms with E-state index >= 15 is 0 Å². The zero-order chi connectivity index (χ0) is 20.0. The molecule has 0 heterocycles. The summed E-state index contributed by atoms with van der Waals surface area (Å²) in [5, 5.41) is -13.7. The monoisotopic (exact) mass is 426 g/mol. The Labute approximate surface area is 124 Å². The van der Waals surface area contributed by atoms with Crippen molar-refractivity contribution in [1.29, 1.82) is 0 Å². The quantitative estimate of drug-likeness (QED) is 0.501. The van der Waals surface area contributed by atoms with Crippen LogP contribution in [0.15, 0.2) is 0 Å². The summed E-state index contributed by atoms with van der Waals surface area (Å²) in [6, 6.07) is 0. The molecule has 0 bridgehead atoms. The average molecular weight is 426 g/mol. The van der Waals surface area contributed by atoms with Gasteiger partial charge in [0.15, 0.2) is 0 Å². The van der Waals surface area contributed by atoms with E-state index in [0.29, 0.717) is 0 Å². The van der Waals surface area contributed by atoms with Crippen molar-refractivity contribution in [2.45, 2.75) is 22.9 Å². The molecule has 0 fully saturated rings. The second-order valence-electron chi connectivity index (χ2n) is 3.35. The third-order valence-electron chi connectivity index (χ3n) is 1.64. The van der Waals surface area contributed by atoms with Gasteiger partial charge in [-0.05, 0) is 0 Å².